The largest absolute Gasteiger partial charge is 0.352 e. The summed E-state index contributed by atoms with van der Waals surface area (Å²) in [5.41, 5.74) is 0.908. The summed E-state index contributed by atoms with van der Waals surface area (Å²) in [7, 11) is 0. The molecular weight excluding hydrogens is 235 g/mol. The van der Waals surface area contributed by atoms with Crippen LogP contribution in [0.2, 0.25) is 0 Å². The fourth-order valence-corrected chi connectivity index (χ4v) is 1.51. The molecule has 0 aliphatic carbocycles. The van der Waals surface area contributed by atoms with E-state index in [9.17, 15) is 14.0 Å². The number of amides is 2. The van der Waals surface area contributed by atoms with E-state index < -0.39 is 0 Å². The van der Waals surface area contributed by atoms with E-state index in [1.165, 1.54) is 18.2 Å². The molecule has 0 saturated carbocycles. The van der Waals surface area contributed by atoms with Crippen molar-refractivity contribution < 1.29 is 14.0 Å². The van der Waals surface area contributed by atoms with Crippen LogP contribution in [-0.2, 0) is 4.79 Å². The van der Waals surface area contributed by atoms with Crippen molar-refractivity contribution in [2.24, 2.45) is 0 Å². The van der Waals surface area contributed by atoms with Gasteiger partial charge in [-0.15, -0.1) is 0 Å². The van der Waals surface area contributed by atoms with Crippen molar-refractivity contribution in [2.75, 3.05) is 6.54 Å². The number of carbonyl (C=O) groups excluding carboxylic acids is 2. The SMILES string of the molecule is Cc1cc(F)ccc1C(=O)NCC(=O)NC(C)C. The molecule has 5 heteroatoms. The van der Waals surface area contributed by atoms with Gasteiger partial charge in [-0.3, -0.25) is 9.59 Å². The summed E-state index contributed by atoms with van der Waals surface area (Å²) >= 11 is 0. The number of benzene rings is 1. The van der Waals surface area contributed by atoms with E-state index >= 15 is 0 Å². The molecule has 0 aromatic heterocycles. The van der Waals surface area contributed by atoms with Crippen molar-refractivity contribution in [1.82, 2.24) is 10.6 Å². The molecule has 1 aromatic carbocycles. The Morgan fingerprint density at radius 2 is 2.00 bits per heavy atom. The van der Waals surface area contributed by atoms with Crippen LogP contribution < -0.4 is 10.6 Å². The van der Waals surface area contributed by atoms with Gasteiger partial charge in [0.05, 0.1) is 6.54 Å². The molecule has 0 fully saturated rings. The Morgan fingerprint density at radius 1 is 1.33 bits per heavy atom. The number of hydrogen-bond acceptors (Lipinski definition) is 2. The van der Waals surface area contributed by atoms with Crippen LogP contribution in [0.15, 0.2) is 18.2 Å². The lowest BCUT2D eigenvalue weighted by Crippen LogP contribution is -2.39. The second-order valence-corrected chi connectivity index (χ2v) is 4.36. The standard InChI is InChI=1S/C13H17FN2O2/c1-8(2)16-12(17)7-15-13(18)11-5-4-10(14)6-9(11)3/h4-6,8H,7H2,1-3H3,(H,15,18)(H,16,17). The lowest BCUT2D eigenvalue weighted by Gasteiger charge is -2.10. The minimum absolute atomic E-state index is 0.0296. The topological polar surface area (TPSA) is 58.2 Å². The first kappa shape index (κ1) is 14.2. The molecule has 0 bridgehead atoms. The molecule has 4 nitrogen and oxygen atoms in total. The summed E-state index contributed by atoms with van der Waals surface area (Å²) in [6.45, 7) is 5.23. The lowest BCUT2D eigenvalue weighted by atomic mass is 10.1. The average Bonchev–Trinajstić information content (AvgIpc) is 2.25. The zero-order valence-corrected chi connectivity index (χ0v) is 10.7. The van der Waals surface area contributed by atoms with Gasteiger partial charge in [0.15, 0.2) is 0 Å². The first-order chi connectivity index (χ1) is 8.40. The number of halogens is 1. The zero-order valence-electron chi connectivity index (χ0n) is 10.7. The van der Waals surface area contributed by atoms with Gasteiger partial charge in [0, 0.05) is 11.6 Å². The molecule has 98 valence electrons. The van der Waals surface area contributed by atoms with Gasteiger partial charge < -0.3 is 10.6 Å². The molecule has 2 amide bonds. The molecule has 0 heterocycles. The van der Waals surface area contributed by atoms with Crippen LogP contribution in [0.3, 0.4) is 0 Å². The fourth-order valence-electron chi connectivity index (χ4n) is 1.51. The average molecular weight is 252 g/mol. The van der Waals surface area contributed by atoms with Crippen molar-refractivity contribution in [3.05, 3.63) is 35.1 Å². The van der Waals surface area contributed by atoms with Gasteiger partial charge in [-0.05, 0) is 44.5 Å². The van der Waals surface area contributed by atoms with Gasteiger partial charge in [0.1, 0.15) is 5.82 Å². The molecule has 18 heavy (non-hydrogen) atoms. The Kier molecular flexibility index (Phi) is 4.83. The third-order valence-corrected chi connectivity index (χ3v) is 2.29. The third-order valence-electron chi connectivity index (χ3n) is 2.29. The Balaban J connectivity index is 2.58. The fraction of sp³-hybridized carbons (Fsp3) is 0.385. The van der Waals surface area contributed by atoms with Crippen LogP contribution in [0, 0.1) is 12.7 Å². The molecule has 0 atom stereocenters. The maximum atomic E-state index is 12.9. The van der Waals surface area contributed by atoms with Crippen molar-refractivity contribution in [3.63, 3.8) is 0 Å². The summed E-state index contributed by atoms with van der Waals surface area (Å²) in [4.78, 5) is 23.1. The van der Waals surface area contributed by atoms with E-state index in [1.54, 1.807) is 6.92 Å². The second kappa shape index (κ2) is 6.14. The highest BCUT2D eigenvalue weighted by atomic mass is 19.1. The van der Waals surface area contributed by atoms with Crippen LogP contribution in [0.25, 0.3) is 0 Å². The van der Waals surface area contributed by atoms with Crippen molar-refractivity contribution in [2.45, 2.75) is 26.8 Å². The third kappa shape index (κ3) is 4.16. The summed E-state index contributed by atoms with van der Waals surface area (Å²) < 4.78 is 12.9. The quantitative estimate of drug-likeness (QED) is 0.850. The molecule has 1 rings (SSSR count). The second-order valence-electron chi connectivity index (χ2n) is 4.36. The van der Waals surface area contributed by atoms with Gasteiger partial charge in [0.25, 0.3) is 5.91 Å². The van der Waals surface area contributed by atoms with Crippen LogP contribution in [-0.4, -0.2) is 24.4 Å². The molecular formula is C13H17FN2O2. The highest BCUT2D eigenvalue weighted by Gasteiger charge is 2.11. The molecule has 0 aliphatic rings. The normalized spacial score (nSPS) is 10.3. The number of rotatable bonds is 4. The van der Waals surface area contributed by atoms with E-state index in [1.807, 2.05) is 13.8 Å². The van der Waals surface area contributed by atoms with Crippen molar-refractivity contribution in [1.29, 1.82) is 0 Å². The summed E-state index contributed by atoms with van der Waals surface area (Å²) in [5, 5.41) is 5.15. The van der Waals surface area contributed by atoms with E-state index in [0.29, 0.717) is 11.1 Å². The molecule has 0 saturated heterocycles. The molecule has 1 aromatic rings. The Bertz CT molecular complexity index is 458. The van der Waals surface area contributed by atoms with E-state index in [0.717, 1.165) is 0 Å². The number of aryl methyl sites for hydroxylation is 1. The van der Waals surface area contributed by atoms with Gasteiger partial charge in [-0.25, -0.2) is 4.39 Å². The van der Waals surface area contributed by atoms with E-state index in [4.69, 9.17) is 0 Å². The maximum absolute atomic E-state index is 12.9. The number of carbonyl (C=O) groups is 2. The predicted octanol–water partition coefficient (Wildman–Crippen LogP) is 1.39. The van der Waals surface area contributed by atoms with Crippen molar-refractivity contribution >= 4 is 11.8 Å². The first-order valence-corrected chi connectivity index (χ1v) is 5.74. The molecule has 0 aliphatic heterocycles. The van der Waals surface area contributed by atoms with Gasteiger partial charge in [-0.2, -0.15) is 0 Å². The van der Waals surface area contributed by atoms with Crippen molar-refractivity contribution in [3.8, 4) is 0 Å². The Morgan fingerprint density at radius 3 is 2.56 bits per heavy atom. The van der Waals surface area contributed by atoms with E-state index in [2.05, 4.69) is 10.6 Å². The Hall–Kier alpha value is -1.91. The molecule has 0 radical (unpaired) electrons. The Labute approximate surface area is 106 Å². The van der Waals surface area contributed by atoms with Gasteiger partial charge in [-0.1, -0.05) is 0 Å². The summed E-state index contributed by atoms with van der Waals surface area (Å²) in [6, 6.07) is 3.93. The van der Waals surface area contributed by atoms with Crippen LogP contribution in [0.1, 0.15) is 29.8 Å². The monoisotopic (exact) mass is 252 g/mol. The van der Waals surface area contributed by atoms with Gasteiger partial charge >= 0.3 is 0 Å². The smallest absolute Gasteiger partial charge is 0.251 e. The molecule has 0 unspecified atom stereocenters. The van der Waals surface area contributed by atoms with Gasteiger partial charge in [0.2, 0.25) is 5.91 Å². The highest BCUT2D eigenvalue weighted by molar-refractivity contribution is 5.97. The minimum Gasteiger partial charge on any atom is -0.352 e. The maximum Gasteiger partial charge on any atom is 0.251 e. The predicted molar refractivity (Wildman–Crippen MR) is 66.7 cm³/mol. The first-order valence-electron chi connectivity index (χ1n) is 5.74. The molecule has 2 N–H and O–H groups in total. The van der Waals surface area contributed by atoms with Crippen LogP contribution >= 0.6 is 0 Å². The highest BCUT2D eigenvalue weighted by Crippen LogP contribution is 2.09. The number of nitrogens with one attached hydrogen (secondary N) is 2. The lowest BCUT2D eigenvalue weighted by molar-refractivity contribution is -0.120. The molecule has 0 spiro atoms. The number of hydrogen-bond donors (Lipinski definition) is 2. The van der Waals surface area contributed by atoms with Crippen LogP contribution in [0.4, 0.5) is 4.39 Å². The summed E-state index contributed by atoms with van der Waals surface area (Å²) in [6.07, 6.45) is 0. The zero-order chi connectivity index (χ0) is 13.7. The minimum atomic E-state index is -0.387. The van der Waals surface area contributed by atoms with Crippen LogP contribution in [0.5, 0.6) is 0 Å². The van der Waals surface area contributed by atoms with E-state index in [-0.39, 0.29) is 30.2 Å². The summed E-state index contributed by atoms with van der Waals surface area (Å²) in [5.74, 6) is -1.02.